The van der Waals surface area contributed by atoms with Crippen LogP contribution in [0.2, 0.25) is 0 Å². The van der Waals surface area contributed by atoms with Gasteiger partial charge in [-0.3, -0.25) is 5.32 Å². The van der Waals surface area contributed by atoms with Gasteiger partial charge in [0, 0.05) is 29.7 Å². The summed E-state index contributed by atoms with van der Waals surface area (Å²) in [6.07, 6.45) is -0.930. The van der Waals surface area contributed by atoms with Crippen LogP contribution in [-0.2, 0) is 12.6 Å². The summed E-state index contributed by atoms with van der Waals surface area (Å²) < 4.78 is 38.8. The van der Waals surface area contributed by atoms with E-state index in [4.69, 9.17) is 5.73 Å². The largest absolute Gasteiger partial charge is 0.416 e. The van der Waals surface area contributed by atoms with Gasteiger partial charge in [-0.15, -0.1) is 11.3 Å². The molecule has 0 aliphatic carbocycles. The number of nitrogens with two attached hydrogens (primary N) is 1. The molecule has 3 rings (SSSR count). The van der Waals surface area contributed by atoms with E-state index >= 15 is 0 Å². The van der Waals surface area contributed by atoms with Gasteiger partial charge >= 0.3 is 12.2 Å². The van der Waals surface area contributed by atoms with Crippen molar-refractivity contribution in [3.8, 4) is 0 Å². The highest BCUT2D eigenvalue weighted by atomic mass is 79.9. The van der Waals surface area contributed by atoms with Crippen molar-refractivity contribution >= 4 is 55.8 Å². The predicted octanol–water partition coefficient (Wildman–Crippen LogP) is 4.60. The van der Waals surface area contributed by atoms with Crippen LogP contribution in [0.5, 0.6) is 0 Å². The number of thiazole rings is 1. The highest BCUT2D eigenvalue weighted by Gasteiger charge is 2.30. The number of amides is 2. The Morgan fingerprint density at radius 3 is 2.77 bits per heavy atom. The molecule has 0 bridgehead atoms. The maximum atomic E-state index is 12.7. The van der Waals surface area contributed by atoms with Crippen LogP contribution >= 0.6 is 27.3 Å². The fraction of sp³-hybridized carbons (Fsp3) is 0.176. The molecule has 0 saturated carbocycles. The van der Waals surface area contributed by atoms with Gasteiger partial charge in [0.2, 0.25) is 0 Å². The number of halogens is 4. The van der Waals surface area contributed by atoms with Crippen LogP contribution in [0.4, 0.5) is 40.4 Å². The summed E-state index contributed by atoms with van der Waals surface area (Å²) in [6.45, 7) is 0.535. The van der Waals surface area contributed by atoms with E-state index in [1.165, 1.54) is 29.8 Å². The van der Waals surface area contributed by atoms with Gasteiger partial charge in [0.15, 0.2) is 5.13 Å². The van der Waals surface area contributed by atoms with Crippen molar-refractivity contribution in [1.82, 2.24) is 15.0 Å². The Labute approximate surface area is 181 Å². The SMILES string of the molecule is Nc1ncnc(NCCc2cnc(NC(=O)Nc3cccc(C(F)(F)F)c3)s2)c1Br. The third-order valence-corrected chi connectivity index (χ3v) is 5.46. The Hall–Kier alpha value is -2.93. The van der Waals surface area contributed by atoms with E-state index in [0.29, 0.717) is 34.2 Å². The molecule has 2 amide bonds. The molecular weight excluding hydrogens is 487 g/mol. The van der Waals surface area contributed by atoms with E-state index in [1.807, 2.05) is 0 Å². The number of urea groups is 1. The number of anilines is 4. The summed E-state index contributed by atoms with van der Waals surface area (Å²) in [6, 6.07) is 3.69. The van der Waals surface area contributed by atoms with Crippen molar-refractivity contribution in [2.24, 2.45) is 0 Å². The zero-order valence-corrected chi connectivity index (χ0v) is 17.5. The number of hydrogen-bond donors (Lipinski definition) is 4. The molecule has 158 valence electrons. The van der Waals surface area contributed by atoms with E-state index in [0.717, 1.165) is 17.0 Å². The fourth-order valence-electron chi connectivity index (χ4n) is 2.32. The minimum Gasteiger partial charge on any atom is -0.383 e. The van der Waals surface area contributed by atoms with Gasteiger partial charge in [-0.05, 0) is 34.1 Å². The van der Waals surface area contributed by atoms with Crippen molar-refractivity contribution in [3.63, 3.8) is 0 Å². The van der Waals surface area contributed by atoms with Gasteiger partial charge in [0.05, 0.1) is 5.56 Å². The molecule has 0 saturated heterocycles. The summed E-state index contributed by atoms with van der Waals surface area (Å²) in [5, 5.41) is 8.30. The minimum atomic E-state index is -4.49. The molecule has 0 unspecified atom stereocenters. The van der Waals surface area contributed by atoms with Gasteiger partial charge in [-0.25, -0.2) is 19.7 Å². The van der Waals surface area contributed by atoms with Gasteiger partial charge in [-0.2, -0.15) is 13.2 Å². The average Bonchev–Trinajstić information content (AvgIpc) is 3.11. The molecule has 2 aromatic heterocycles. The topological polar surface area (TPSA) is 118 Å². The number of carbonyl (C=O) groups is 1. The Balaban J connectivity index is 1.51. The molecule has 2 heterocycles. The third kappa shape index (κ3) is 5.79. The van der Waals surface area contributed by atoms with Crippen LogP contribution in [0.25, 0.3) is 0 Å². The quantitative estimate of drug-likeness (QED) is 0.392. The van der Waals surface area contributed by atoms with Crippen LogP contribution in [-0.4, -0.2) is 27.5 Å². The molecule has 3 aromatic rings. The lowest BCUT2D eigenvalue weighted by Gasteiger charge is -2.09. The predicted molar refractivity (Wildman–Crippen MR) is 113 cm³/mol. The molecule has 13 heteroatoms. The van der Waals surface area contributed by atoms with Gasteiger partial charge in [0.25, 0.3) is 0 Å². The van der Waals surface area contributed by atoms with Crippen molar-refractivity contribution in [2.45, 2.75) is 12.6 Å². The second-order valence-corrected chi connectivity index (χ2v) is 7.80. The maximum Gasteiger partial charge on any atom is 0.416 e. The van der Waals surface area contributed by atoms with E-state index in [2.05, 4.69) is 46.8 Å². The number of carbonyl (C=O) groups excluding carboxylic acids is 1. The lowest BCUT2D eigenvalue weighted by Crippen LogP contribution is -2.19. The Morgan fingerprint density at radius 2 is 2.00 bits per heavy atom. The van der Waals surface area contributed by atoms with Crippen molar-refractivity contribution in [1.29, 1.82) is 0 Å². The van der Waals surface area contributed by atoms with Crippen molar-refractivity contribution < 1.29 is 18.0 Å². The molecule has 0 spiro atoms. The molecule has 1 aromatic carbocycles. The molecule has 0 fully saturated rings. The summed E-state index contributed by atoms with van der Waals surface area (Å²) in [5.41, 5.74) is 4.87. The lowest BCUT2D eigenvalue weighted by atomic mass is 10.2. The number of nitrogens with zero attached hydrogens (tertiary/aromatic N) is 3. The summed E-state index contributed by atoms with van der Waals surface area (Å²) >= 11 is 4.55. The first-order valence-corrected chi connectivity index (χ1v) is 10.0. The zero-order valence-electron chi connectivity index (χ0n) is 15.1. The van der Waals surface area contributed by atoms with Gasteiger partial charge in [-0.1, -0.05) is 6.07 Å². The molecule has 0 radical (unpaired) electrons. The third-order valence-electron chi connectivity index (χ3n) is 3.70. The summed E-state index contributed by atoms with van der Waals surface area (Å²) in [7, 11) is 0. The summed E-state index contributed by atoms with van der Waals surface area (Å²) in [4.78, 5) is 25.0. The number of nitrogens with one attached hydrogen (secondary N) is 3. The highest BCUT2D eigenvalue weighted by Crippen LogP contribution is 2.30. The second kappa shape index (κ2) is 9.26. The number of nitrogen functional groups attached to an aromatic ring is 1. The van der Waals surface area contributed by atoms with Gasteiger partial charge < -0.3 is 16.4 Å². The Morgan fingerprint density at radius 1 is 1.20 bits per heavy atom. The van der Waals surface area contributed by atoms with E-state index in [9.17, 15) is 18.0 Å². The van der Waals surface area contributed by atoms with Crippen LogP contribution in [0.1, 0.15) is 10.4 Å². The molecule has 0 atom stereocenters. The van der Waals surface area contributed by atoms with Crippen LogP contribution < -0.4 is 21.7 Å². The van der Waals surface area contributed by atoms with Crippen molar-refractivity contribution in [3.05, 3.63) is 51.7 Å². The number of hydrogen-bond acceptors (Lipinski definition) is 7. The standard InChI is InChI=1S/C17H15BrF3N7OS/c18-12-13(22)25-8-26-14(12)23-5-4-11-7-24-16(30-11)28-15(29)27-10-3-1-2-9(6-10)17(19,20)21/h1-3,6-8H,4-5H2,(H3,22,23,25,26)(H2,24,27,28,29). The number of benzene rings is 1. The molecule has 0 aliphatic rings. The molecule has 5 N–H and O–H groups in total. The van der Waals surface area contributed by atoms with Crippen molar-refractivity contribution in [2.75, 3.05) is 28.2 Å². The normalized spacial score (nSPS) is 11.2. The van der Waals surface area contributed by atoms with Crippen LogP contribution in [0.15, 0.2) is 41.3 Å². The minimum absolute atomic E-state index is 0.0259. The Bertz CT molecular complexity index is 1040. The first-order valence-electron chi connectivity index (χ1n) is 8.42. The zero-order chi connectivity index (χ0) is 21.7. The van der Waals surface area contributed by atoms with E-state index in [-0.39, 0.29) is 5.69 Å². The maximum absolute atomic E-state index is 12.7. The smallest absolute Gasteiger partial charge is 0.383 e. The fourth-order valence-corrected chi connectivity index (χ4v) is 3.48. The first-order chi connectivity index (χ1) is 14.2. The lowest BCUT2D eigenvalue weighted by molar-refractivity contribution is -0.137. The van der Waals surface area contributed by atoms with E-state index in [1.54, 1.807) is 6.20 Å². The monoisotopic (exact) mass is 501 g/mol. The van der Waals surface area contributed by atoms with Crippen LogP contribution in [0, 0.1) is 0 Å². The number of alkyl halides is 3. The van der Waals surface area contributed by atoms with Crippen LogP contribution in [0.3, 0.4) is 0 Å². The molecule has 8 nitrogen and oxygen atoms in total. The van der Waals surface area contributed by atoms with E-state index < -0.39 is 17.8 Å². The highest BCUT2D eigenvalue weighted by molar-refractivity contribution is 9.10. The number of rotatable bonds is 6. The molecule has 30 heavy (non-hydrogen) atoms. The second-order valence-electron chi connectivity index (χ2n) is 5.89. The molecule has 0 aliphatic heterocycles. The summed E-state index contributed by atoms with van der Waals surface area (Å²) in [5.74, 6) is 0.884. The molecular formula is C17H15BrF3N7OS. The Kier molecular flexibility index (Phi) is 6.72. The van der Waals surface area contributed by atoms with Gasteiger partial charge in [0.1, 0.15) is 22.4 Å². The first kappa shape index (κ1) is 21.8. The number of aromatic nitrogens is 3. The average molecular weight is 502 g/mol.